The summed E-state index contributed by atoms with van der Waals surface area (Å²) in [5, 5.41) is 18.8. The van der Waals surface area contributed by atoms with E-state index in [4.69, 9.17) is 0 Å². The van der Waals surface area contributed by atoms with Gasteiger partial charge in [0.15, 0.2) is 5.78 Å². The maximum atomic E-state index is 11.4. The van der Waals surface area contributed by atoms with Crippen molar-refractivity contribution >= 4 is 5.78 Å². The van der Waals surface area contributed by atoms with E-state index < -0.39 is 6.10 Å². The van der Waals surface area contributed by atoms with Crippen LogP contribution in [0, 0.1) is 0 Å². The maximum absolute atomic E-state index is 11.4. The van der Waals surface area contributed by atoms with Crippen molar-refractivity contribution < 1.29 is 15.0 Å². The van der Waals surface area contributed by atoms with Gasteiger partial charge in [0.25, 0.3) is 0 Å². The lowest BCUT2D eigenvalue weighted by Crippen LogP contribution is -2.26. The van der Waals surface area contributed by atoms with Crippen molar-refractivity contribution in [2.24, 2.45) is 0 Å². The van der Waals surface area contributed by atoms with Gasteiger partial charge in [-0.1, -0.05) is 6.08 Å². The van der Waals surface area contributed by atoms with E-state index in [0.717, 1.165) is 12.0 Å². The molecule has 2 N–H and O–H groups in total. The molecule has 0 aromatic heterocycles. The highest BCUT2D eigenvalue weighted by atomic mass is 16.3. The van der Waals surface area contributed by atoms with Crippen molar-refractivity contribution in [3.05, 3.63) is 23.0 Å². The van der Waals surface area contributed by atoms with Crippen molar-refractivity contribution in [2.45, 2.75) is 31.8 Å². The maximum Gasteiger partial charge on any atom is 0.169 e. The van der Waals surface area contributed by atoms with Crippen LogP contribution >= 0.6 is 0 Å². The van der Waals surface area contributed by atoms with E-state index in [9.17, 15) is 15.0 Å². The Labute approximate surface area is 76.4 Å². The first-order chi connectivity index (χ1) is 6.18. The summed E-state index contributed by atoms with van der Waals surface area (Å²) in [6, 6.07) is 0. The van der Waals surface area contributed by atoms with E-state index in [1.165, 1.54) is 0 Å². The molecule has 0 radical (unpaired) electrons. The average Bonchev–Trinajstić information content (AvgIpc) is 2.02. The predicted molar refractivity (Wildman–Crippen MR) is 47.2 cm³/mol. The highest BCUT2D eigenvalue weighted by Gasteiger charge is 2.30. The zero-order valence-corrected chi connectivity index (χ0v) is 7.29. The van der Waals surface area contributed by atoms with Gasteiger partial charge in [0.2, 0.25) is 0 Å². The van der Waals surface area contributed by atoms with Gasteiger partial charge in [-0.05, 0) is 18.4 Å². The molecule has 0 heterocycles. The summed E-state index contributed by atoms with van der Waals surface area (Å²) in [4.78, 5) is 11.4. The lowest BCUT2D eigenvalue weighted by Gasteiger charge is -2.25. The molecule has 1 unspecified atom stereocenters. The summed E-state index contributed by atoms with van der Waals surface area (Å²) in [6.45, 7) is 0. The molecular formula is C10H12O3. The summed E-state index contributed by atoms with van der Waals surface area (Å²) in [6.07, 6.45) is 3.36. The van der Waals surface area contributed by atoms with Crippen LogP contribution in [-0.4, -0.2) is 22.1 Å². The van der Waals surface area contributed by atoms with Crippen molar-refractivity contribution in [1.29, 1.82) is 0 Å². The van der Waals surface area contributed by atoms with Crippen molar-refractivity contribution in [2.75, 3.05) is 0 Å². The number of aliphatic hydroxyl groups is 2. The fourth-order valence-corrected chi connectivity index (χ4v) is 1.96. The van der Waals surface area contributed by atoms with Gasteiger partial charge in [-0.25, -0.2) is 0 Å². The second-order valence-corrected chi connectivity index (χ2v) is 3.57. The number of allylic oxidation sites excluding steroid dienone is 3. The number of ketones is 1. The number of Topliss-reactive ketones (excluding diaryl/α,β-unsaturated/α-hetero) is 1. The van der Waals surface area contributed by atoms with E-state index in [-0.39, 0.29) is 18.0 Å². The Balaban J connectivity index is 2.38. The fourth-order valence-electron chi connectivity index (χ4n) is 1.96. The molecule has 0 aromatic rings. The molecule has 3 heteroatoms. The number of fused-ring (bicyclic) bond motifs is 1. The third-order valence-corrected chi connectivity index (χ3v) is 2.54. The summed E-state index contributed by atoms with van der Waals surface area (Å²) in [7, 11) is 0. The molecule has 2 aliphatic rings. The largest absolute Gasteiger partial charge is 0.512 e. The van der Waals surface area contributed by atoms with Crippen molar-refractivity contribution in [3.8, 4) is 0 Å². The summed E-state index contributed by atoms with van der Waals surface area (Å²) >= 11 is 0. The number of hydrogen-bond acceptors (Lipinski definition) is 3. The van der Waals surface area contributed by atoms with Crippen LogP contribution in [0.3, 0.4) is 0 Å². The lowest BCUT2D eigenvalue weighted by molar-refractivity contribution is -0.118. The molecule has 1 saturated carbocycles. The SMILES string of the molecule is O=C1CC(O)CC2=CCCC(O)=C12. The molecule has 3 nitrogen and oxygen atoms in total. The van der Waals surface area contributed by atoms with Gasteiger partial charge in [-0.3, -0.25) is 4.79 Å². The third-order valence-electron chi connectivity index (χ3n) is 2.54. The van der Waals surface area contributed by atoms with Gasteiger partial charge in [0, 0.05) is 12.8 Å². The van der Waals surface area contributed by atoms with E-state index in [2.05, 4.69) is 0 Å². The second-order valence-electron chi connectivity index (χ2n) is 3.57. The molecule has 2 aliphatic carbocycles. The molecule has 0 saturated heterocycles. The van der Waals surface area contributed by atoms with E-state index in [1.54, 1.807) is 0 Å². The molecule has 13 heavy (non-hydrogen) atoms. The highest BCUT2D eigenvalue weighted by Crippen LogP contribution is 2.33. The van der Waals surface area contributed by atoms with Gasteiger partial charge in [-0.15, -0.1) is 0 Å². The molecule has 1 fully saturated rings. The lowest BCUT2D eigenvalue weighted by atomic mass is 9.82. The molecule has 0 aromatic carbocycles. The Morgan fingerprint density at radius 2 is 2.15 bits per heavy atom. The van der Waals surface area contributed by atoms with Crippen LogP contribution < -0.4 is 0 Å². The summed E-state index contributed by atoms with van der Waals surface area (Å²) in [5.74, 6) is 0.0802. The highest BCUT2D eigenvalue weighted by molar-refractivity contribution is 6.01. The molecular weight excluding hydrogens is 168 g/mol. The van der Waals surface area contributed by atoms with Crippen molar-refractivity contribution in [3.63, 3.8) is 0 Å². The van der Waals surface area contributed by atoms with E-state index >= 15 is 0 Å². The Morgan fingerprint density at radius 3 is 2.92 bits per heavy atom. The van der Waals surface area contributed by atoms with E-state index in [1.807, 2.05) is 6.08 Å². The zero-order valence-electron chi connectivity index (χ0n) is 7.29. The number of carbonyl (C=O) groups excluding carboxylic acids is 1. The van der Waals surface area contributed by atoms with Crippen LogP contribution in [0.5, 0.6) is 0 Å². The van der Waals surface area contributed by atoms with Crippen LogP contribution in [-0.2, 0) is 4.79 Å². The first-order valence-corrected chi connectivity index (χ1v) is 4.51. The number of carbonyl (C=O) groups is 1. The van der Waals surface area contributed by atoms with Gasteiger partial charge < -0.3 is 10.2 Å². The minimum atomic E-state index is -0.562. The molecule has 0 aliphatic heterocycles. The Kier molecular flexibility index (Phi) is 1.96. The Hall–Kier alpha value is -1.09. The van der Waals surface area contributed by atoms with Crippen LogP contribution in [0.25, 0.3) is 0 Å². The second kappa shape index (κ2) is 3.00. The first kappa shape index (κ1) is 8.51. The average molecular weight is 180 g/mol. The van der Waals surface area contributed by atoms with Crippen LogP contribution in [0.1, 0.15) is 25.7 Å². The van der Waals surface area contributed by atoms with Gasteiger partial charge in [0.05, 0.1) is 11.7 Å². The first-order valence-electron chi connectivity index (χ1n) is 4.51. The summed E-state index contributed by atoms with van der Waals surface area (Å²) < 4.78 is 0. The predicted octanol–water partition coefficient (Wildman–Crippen LogP) is 1.24. The topological polar surface area (TPSA) is 57.5 Å². The molecule has 1 atom stereocenters. The molecule has 0 bridgehead atoms. The van der Waals surface area contributed by atoms with E-state index in [0.29, 0.717) is 18.4 Å². The number of hydrogen-bond donors (Lipinski definition) is 2. The van der Waals surface area contributed by atoms with Crippen LogP contribution in [0.15, 0.2) is 23.0 Å². The third kappa shape index (κ3) is 1.40. The fraction of sp³-hybridized carbons (Fsp3) is 0.500. The van der Waals surface area contributed by atoms with Gasteiger partial charge >= 0.3 is 0 Å². The van der Waals surface area contributed by atoms with Gasteiger partial charge in [0.1, 0.15) is 5.76 Å². The molecule has 70 valence electrons. The van der Waals surface area contributed by atoms with Gasteiger partial charge in [-0.2, -0.15) is 0 Å². The molecule has 2 rings (SSSR count). The Morgan fingerprint density at radius 1 is 1.38 bits per heavy atom. The molecule has 0 amide bonds. The Bertz CT molecular complexity index is 312. The quantitative estimate of drug-likeness (QED) is 0.589. The van der Waals surface area contributed by atoms with Crippen LogP contribution in [0.2, 0.25) is 0 Å². The number of aliphatic hydroxyl groups excluding tert-OH is 2. The number of rotatable bonds is 0. The monoisotopic (exact) mass is 180 g/mol. The molecule has 0 spiro atoms. The van der Waals surface area contributed by atoms with Crippen molar-refractivity contribution in [1.82, 2.24) is 0 Å². The normalized spacial score (nSPS) is 28.5. The smallest absolute Gasteiger partial charge is 0.169 e. The van der Waals surface area contributed by atoms with Crippen LogP contribution in [0.4, 0.5) is 0 Å². The summed E-state index contributed by atoms with van der Waals surface area (Å²) in [5.41, 5.74) is 1.30. The standard InChI is InChI=1S/C10H12O3/c11-7-4-6-2-1-3-8(12)10(6)9(13)5-7/h2,7,11-12H,1,3-5H2. The minimum absolute atomic E-state index is 0.123. The zero-order chi connectivity index (χ0) is 9.42. The minimum Gasteiger partial charge on any atom is -0.512 e.